The summed E-state index contributed by atoms with van der Waals surface area (Å²) in [6, 6.07) is 3.63. The molecule has 1 aliphatic heterocycles. The average molecular weight is 224 g/mol. The zero-order valence-corrected chi connectivity index (χ0v) is 9.69. The summed E-state index contributed by atoms with van der Waals surface area (Å²) in [5.41, 5.74) is 1.65. The summed E-state index contributed by atoms with van der Waals surface area (Å²) >= 11 is 0. The maximum atomic E-state index is 10.1. The van der Waals surface area contributed by atoms with Crippen LogP contribution in [0.25, 0.3) is 0 Å². The van der Waals surface area contributed by atoms with Crippen LogP contribution in [0, 0.1) is 0 Å². The molecule has 1 N–H and O–H groups in total. The van der Waals surface area contributed by atoms with Gasteiger partial charge in [0.1, 0.15) is 17.6 Å². The number of hydrogen-bond acceptors (Lipinski definition) is 4. The van der Waals surface area contributed by atoms with E-state index in [1.807, 2.05) is 13.0 Å². The zero-order valence-electron chi connectivity index (χ0n) is 9.69. The molecule has 4 heteroatoms. The van der Waals surface area contributed by atoms with Gasteiger partial charge < -0.3 is 19.3 Å². The number of benzene rings is 1. The first-order chi connectivity index (χ1) is 7.69. The van der Waals surface area contributed by atoms with Crippen LogP contribution >= 0.6 is 0 Å². The quantitative estimate of drug-likeness (QED) is 0.830. The lowest BCUT2D eigenvalue weighted by Gasteiger charge is -2.30. The third-order valence-electron chi connectivity index (χ3n) is 2.94. The van der Waals surface area contributed by atoms with Crippen LogP contribution in [0.4, 0.5) is 0 Å². The predicted octanol–water partition coefficient (Wildman–Crippen LogP) is 1.66. The largest absolute Gasteiger partial charge is 0.496 e. The number of aliphatic hydroxyl groups is 1. The molecule has 16 heavy (non-hydrogen) atoms. The highest BCUT2D eigenvalue weighted by atomic mass is 16.5. The van der Waals surface area contributed by atoms with Gasteiger partial charge in [-0.1, -0.05) is 0 Å². The van der Waals surface area contributed by atoms with Gasteiger partial charge in [-0.15, -0.1) is 0 Å². The molecule has 0 saturated heterocycles. The minimum absolute atomic E-state index is 0.228. The lowest BCUT2D eigenvalue weighted by Crippen LogP contribution is -2.26. The third-order valence-corrected chi connectivity index (χ3v) is 2.94. The molecule has 1 aromatic carbocycles. The monoisotopic (exact) mass is 224 g/mol. The van der Waals surface area contributed by atoms with Crippen LogP contribution in [0.1, 0.15) is 24.2 Å². The van der Waals surface area contributed by atoms with Crippen LogP contribution in [0.15, 0.2) is 12.1 Å². The van der Waals surface area contributed by atoms with Crippen molar-refractivity contribution in [3.05, 3.63) is 23.3 Å². The average Bonchev–Trinajstić information content (AvgIpc) is 2.32. The van der Waals surface area contributed by atoms with Gasteiger partial charge in [-0.25, -0.2) is 0 Å². The Balaban J connectivity index is 2.57. The van der Waals surface area contributed by atoms with Gasteiger partial charge in [0, 0.05) is 11.1 Å². The van der Waals surface area contributed by atoms with E-state index in [-0.39, 0.29) is 6.10 Å². The molecule has 1 heterocycles. The van der Waals surface area contributed by atoms with Gasteiger partial charge in [0.2, 0.25) is 0 Å². The molecule has 0 unspecified atom stereocenters. The molecule has 0 fully saturated rings. The molecule has 0 amide bonds. The van der Waals surface area contributed by atoms with Crippen molar-refractivity contribution in [2.45, 2.75) is 25.7 Å². The zero-order chi connectivity index (χ0) is 11.7. The summed E-state index contributed by atoms with van der Waals surface area (Å²) in [7, 11) is 3.20. The Morgan fingerprint density at radius 1 is 1.25 bits per heavy atom. The van der Waals surface area contributed by atoms with Crippen LogP contribution in [0.2, 0.25) is 0 Å². The SMILES string of the molecule is COc1ccc(OC)c2c1CO[C@@H](C)[C@H]2O. The highest BCUT2D eigenvalue weighted by Crippen LogP contribution is 2.40. The van der Waals surface area contributed by atoms with Crippen molar-refractivity contribution in [2.75, 3.05) is 14.2 Å². The topological polar surface area (TPSA) is 47.9 Å². The molecule has 0 bridgehead atoms. The van der Waals surface area contributed by atoms with Crippen LogP contribution in [-0.2, 0) is 11.3 Å². The van der Waals surface area contributed by atoms with E-state index in [1.54, 1.807) is 20.3 Å². The van der Waals surface area contributed by atoms with Gasteiger partial charge >= 0.3 is 0 Å². The van der Waals surface area contributed by atoms with E-state index >= 15 is 0 Å². The van der Waals surface area contributed by atoms with Crippen LogP contribution in [-0.4, -0.2) is 25.4 Å². The van der Waals surface area contributed by atoms with Crippen molar-refractivity contribution in [3.8, 4) is 11.5 Å². The smallest absolute Gasteiger partial charge is 0.125 e. The van der Waals surface area contributed by atoms with Crippen LogP contribution < -0.4 is 9.47 Å². The lowest BCUT2D eigenvalue weighted by atomic mass is 9.95. The Morgan fingerprint density at radius 2 is 1.88 bits per heavy atom. The maximum Gasteiger partial charge on any atom is 0.125 e. The number of methoxy groups -OCH3 is 2. The second kappa shape index (κ2) is 4.31. The Hall–Kier alpha value is -1.26. The van der Waals surface area contributed by atoms with Crippen molar-refractivity contribution in [1.82, 2.24) is 0 Å². The Morgan fingerprint density at radius 3 is 2.50 bits per heavy atom. The van der Waals surface area contributed by atoms with Gasteiger partial charge in [-0.05, 0) is 19.1 Å². The summed E-state index contributed by atoms with van der Waals surface area (Å²) < 4.78 is 16.0. The summed E-state index contributed by atoms with van der Waals surface area (Å²) in [6.45, 7) is 2.28. The van der Waals surface area contributed by atoms with Gasteiger partial charge in [0.05, 0.1) is 26.9 Å². The number of aliphatic hydroxyl groups excluding tert-OH is 1. The summed E-state index contributed by atoms with van der Waals surface area (Å²) in [5, 5.41) is 10.1. The molecule has 4 nitrogen and oxygen atoms in total. The molecule has 88 valence electrons. The molecule has 0 aromatic heterocycles. The van der Waals surface area contributed by atoms with E-state index in [0.717, 1.165) is 16.9 Å². The van der Waals surface area contributed by atoms with Gasteiger partial charge in [0.25, 0.3) is 0 Å². The molecule has 0 aliphatic carbocycles. The van der Waals surface area contributed by atoms with Gasteiger partial charge in [-0.2, -0.15) is 0 Å². The molecule has 2 atom stereocenters. The molecule has 2 rings (SSSR count). The molecular formula is C12H16O4. The Labute approximate surface area is 94.8 Å². The molecule has 1 aliphatic rings. The highest BCUT2D eigenvalue weighted by molar-refractivity contribution is 5.50. The number of rotatable bonds is 2. The van der Waals surface area contributed by atoms with Crippen molar-refractivity contribution in [2.24, 2.45) is 0 Å². The van der Waals surface area contributed by atoms with Crippen LogP contribution in [0.3, 0.4) is 0 Å². The normalized spacial score (nSPS) is 23.8. The highest BCUT2D eigenvalue weighted by Gasteiger charge is 2.30. The number of ether oxygens (including phenoxy) is 3. The molecule has 0 saturated carbocycles. The lowest BCUT2D eigenvalue weighted by molar-refractivity contribution is -0.0542. The third kappa shape index (κ3) is 1.64. The summed E-state index contributed by atoms with van der Waals surface area (Å²) in [4.78, 5) is 0. The second-order valence-corrected chi connectivity index (χ2v) is 3.82. The van der Waals surface area contributed by atoms with E-state index in [2.05, 4.69) is 0 Å². The fourth-order valence-electron chi connectivity index (χ4n) is 2.01. The van der Waals surface area contributed by atoms with Crippen molar-refractivity contribution in [1.29, 1.82) is 0 Å². The van der Waals surface area contributed by atoms with E-state index in [0.29, 0.717) is 12.4 Å². The summed E-state index contributed by atoms with van der Waals surface area (Å²) in [5.74, 6) is 1.40. The fraction of sp³-hybridized carbons (Fsp3) is 0.500. The first-order valence-corrected chi connectivity index (χ1v) is 5.22. The van der Waals surface area contributed by atoms with Gasteiger partial charge in [-0.3, -0.25) is 0 Å². The van der Waals surface area contributed by atoms with E-state index < -0.39 is 6.10 Å². The van der Waals surface area contributed by atoms with Crippen molar-refractivity contribution >= 4 is 0 Å². The molecule has 0 radical (unpaired) electrons. The van der Waals surface area contributed by atoms with Crippen molar-refractivity contribution in [3.63, 3.8) is 0 Å². The Kier molecular flexibility index (Phi) is 3.03. The number of fused-ring (bicyclic) bond motifs is 1. The minimum atomic E-state index is -0.672. The second-order valence-electron chi connectivity index (χ2n) is 3.82. The van der Waals surface area contributed by atoms with E-state index in [9.17, 15) is 5.11 Å². The predicted molar refractivity (Wildman–Crippen MR) is 58.8 cm³/mol. The van der Waals surface area contributed by atoms with Crippen molar-refractivity contribution < 1.29 is 19.3 Å². The molecule has 0 spiro atoms. The minimum Gasteiger partial charge on any atom is -0.496 e. The van der Waals surface area contributed by atoms with Crippen LogP contribution in [0.5, 0.6) is 11.5 Å². The first-order valence-electron chi connectivity index (χ1n) is 5.22. The number of hydrogen-bond donors (Lipinski definition) is 1. The van der Waals surface area contributed by atoms with Gasteiger partial charge in [0.15, 0.2) is 0 Å². The maximum absolute atomic E-state index is 10.1. The molecule has 1 aromatic rings. The first kappa shape index (κ1) is 11.2. The fourth-order valence-corrected chi connectivity index (χ4v) is 2.01. The van der Waals surface area contributed by atoms with E-state index in [4.69, 9.17) is 14.2 Å². The molecular weight excluding hydrogens is 208 g/mol. The standard InChI is InChI=1S/C12H16O4/c1-7-12(13)11-8(6-16-7)9(14-2)4-5-10(11)15-3/h4-5,7,12-13H,6H2,1-3H3/t7-,12+/m0/s1. The Bertz CT molecular complexity index is 389. The summed E-state index contributed by atoms with van der Waals surface area (Å²) in [6.07, 6.45) is -0.901. The van der Waals surface area contributed by atoms with E-state index in [1.165, 1.54) is 0 Å².